The van der Waals surface area contributed by atoms with Crippen LogP contribution in [0.2, 0.25) is 0 Å². The monoisotopic (exact) mass is 341 g/mol. The van der Waals surface area contributed by atoms with E-state index in [2.05, 4.69) is 10.3 Å². The Morgan fingerprint density at radius 1 is 1.32 bits per heavy atom. The van der Waals surface area contributed by atoms with Gasteiger partial charge in [-0.2, -0.15) is 0 Å². The van der Waals surface area contributed by atoms with Crippen molar-refractivity contribution in [2.24, 2.45) is 5.92 Å². The van der Waals surface area contributed by atoms with Crippen LogP contribution < -0.4 is 10.9 Å². The van der Waals surface area contributed by atoms with E-state index >= 15 is 0 Å². The number of rotatable bonds is 4. The van der Waals surface area contributed by atoms with Gasteiger partial charge in [-0.1, -0.05) is 19.9 Å². The minimum atomic E-state index is -0.618. The van der Waals surface area contributed by atoms with Crippen molar-refractivity contribution >= 4 is 11.7 Å². The van der Waals surface area contributed by atoms with Crippen molar-refractivity contribution in [1.82, 2.24) is 9.55 Å². The summed E-state index contributed by atoms with van der Waals surface area (Å²) >= 11 is 0. The van der Waals surface area contributed by atoms with E-state index in [0.29, 0.717) is 18.8 Å². The summed E-state index contributed by atoms with van der Waals surface area (Å²) < 4.78 is 1.67. The van der Waals surface area contributed by atoms with Gasteiger partial charge in [-0.25, -0.2) is 4.98 Å². The van der Waals surface area contributed by atoms with Crippen LogP contribution >= 0.6 is 0 Å². The minimum Gasteiger partial charge on any atom is -0.507 e. The first-order valence-corrected chi connectivity index (χ1v) is 8.69. The number of carbonyl (C=O) groups excluding carboxylic acids is 1. The average Bonchev–Trinajstić information content (AvgIpc) is 2.59. The summed E-state index contributed by atoms with van der Waals surface area (Å²) in [6.45, 7) is 4.59. The molecule has 2 N–H and O–H groups in total. The highest BCUT2D eigenvalue weighted by atomic mass is 16.3. The highest BCUT2D eigenvalue weighted by Gasteiger charge is 2.27. The molecule has 132 valence electrons. The molecule has 25 heavy (non-hydrogen) atoms. The number of nitrogens with one attached hydrogen (secondary N) is 1. The maximum absolute atomic E-state index is 13.0. The van der Waals surface area contributed by atoms with Crippen LogP contribution in [-0.2, 0) is 19.4 Å². The first kappa shape index (κ1) is 17.2. The van der Waals surface area contributed by atoms with Crippen LogP contribution in [-0.4, -0.2) is 20.6 Å². The van der Waals surface area contributed by atoms with E-state index in [1.165, 1.54) is 0 Å². The zero-order valence-electron chi connectivity index (χ0n) is 14.6. The van der Waals surface area contributed by atoms with Gasteiger partial charge in [0.2, 0.25) is 0 Å². The molecule has 3 rings (SSSR count). The Balaban J connectivity index is 2.09. The van der Waals surface area contributed by atoms with E-state index in [9.17, 15) is 14.7 Å². The molecule has 1 aliphatic carbocycles. The molecule has 1 aliphatic rings. The van der Waals surface area contributed by atoms with E-state index in [0.717, 1.165) is 30.5 Å². The van der Waals surface area contributed by atoms with Gasteiger partial charge in [0.1, 0.15) is 17.1 Å². The molecule has 6 nitrogen and oxygen atoms in total. The number of hydrogen-bond donors (Lipinski definition) is 2. The number of fused-ring (bicyclic) bond motifs is 1. The zero-order valence-corrected chi connectivity index (χ0v) is 14.6. The molecule has 2 heterocycles. The largest absolute Gasteiger partial charge is 0.507 e. The van der Waals surface area contributed by atoms with Crippen molar-refractivity contribution in [2.75, 3.05) is 5.32 Å². The summed E-state index contributed by atoms with van der Waals surface area (Å²) in [5, 5.41) is 13.2. The van der Waals surface area contributed by atoms with Crippen LogP contribution in [0.5, 0.6) is 5.75 Å². The van der Waals surface area contributed by atoms with E-state index in [4.69, 9.17) is 0 Å². The van der Waals surface area contributed by atoms with Crippen molar-refractivity contribution in [1.29, 1.82) is 0 Å². The summed E-state index contributed by atoms with van der Waals surface area (Å²) in [4.78, 5) is 29.6. The quantitative estimate of drug-likeness (QED) is 0.895. The standard InChI is InChI=1S/C19H23N3O3/c1-12(2)11-22-14-8-4-3-7-13(14)17(23)16(19(22)25)18(24)21-15-9-5-6-10-20-15/h5-6,9-10,12,23H,3-4,7-8,11H2,1-2H3,(H,20,21,24). The summed E-state index contributed by atoms with van der Waals surface area (Å²) in [5.74, 6) is -0.181. The predicted molar refractivity (Wildman–Crippen MR) is 96.0 cm³/mol. The fraction of sp³-hybridized carbons (Fsp3) is 0.421. The summed E-state index contributed by atoms with van der Waals surface area (Å²) in [5.41, 5.74) is 0.988. The molecule has 0 aromatic carbocycles. The van der Waals surface area contributed by atoms with Crippen LogP contribution in [0, 0.1) is 5.92 Å². The summed E-state index contributed by atoms with van der Waals surface area (Å²) in [6.07, 6.45) is 4.93. The minimum absolute atomic E-state index is 0.173. The van der Waals surface area contributed by atoms with E-state index < -0.39 is 11.5 Å². The van der Waals surface area contributed by atoms with Gasteiger partial charge in [0.25, 0.3) is 11.5 Å². The van der Waals surface area contributed by atoms with E-state index in [-0.39, 0.29) is 17.2 Å². The van der Waals surface area contributed by atoms with Gasteiger partial charge >= 0.3 is 0 Å². The van der Waals surface area contributed by atoms with E-state index in [1.807, 2.05) is 13.8 Å². The summed E-state index contributed by atoms with van der Waals surface area (Å²) in [6, 6.07) is 5.12. The normalized spacial score (nSPS) is 13.6. The first-order chi connectivity index (χ1) is 12.0. The van der Waals surface area contributed by atoms with Gasteiger partial charge in [0, 0.05) is 24.0 Å². The van der Waals surface area contributed by atoms with Crippen LogP contribution in [0.25, 0.3) is 0 Å². The Morgan fingerprint density at radius 3 is 2.76 bits per heavy atom. The Morgan fingerprint density at radius 2 is 2.08 bits per heavy atom. The number of amides is 1. The van der Waals surface area contributed by atoms with Crippen LogP contribution in [0.15, 0.2) is 29.2 Å². The number of hydrogen-bond acceptors (Lipinski definition) is 4. The van der Waals surface area contributed by atoms with Crippen molar-refractivity contribution in [3.05, 3.63) is 51.6 Å². The van der Waals surface area contributed by atoms with Crippen LogP contribution in [0.3, 0.4) is 0 Å². The number of nitrogens with zero attached hydrogens (tertiary/aromatic N) is 2. The number of aromatic hydroxyl groups is 1. The van der Waals surface area contributed by atoms with E-state index in [1.54, 1.807) is 29.0 Å². The number of carbonyl (C=O) groups is 1. The molecule has 0 radical (unpaired) electrons. The Hall–Kier alpha value is -2.63. The van der Waals surface area contributed by atoms with Crippen molar-refractivity contribution in [2.45, 2.75) is 46.1 Å². The SMILES string of the molecule is CC(C)Cn1c2c(c(O)c(C(=O)Nc3ccccn3)c1=O)CCCC2. The lowest BCUT2D eigenvalue weighted by Crippen LogP contribution is -2.34. The third-order valence-corrected chi connectivity index (χ3v) is 4.43. The highest BCUT2D eigenvalue weighted by Crippen LogP contribution is 2.30. The van der Waals surface area contributed by atoms with Gasteiger partial charge in [-0.15, -0.1) is 0 Å². The molecule has 2 aromatic heterocycles. The number of pyridine rings is 2. The molecule has 0 saturated heterocycles. The predicted octanol–water partition coefficient (Wildman–Crippen LogP) is 2.74. The molecule has 0 aliphatic heterocycles. The van der Waals surface area contributed by atoms with Gasteiger partial charge in [0.05, 0.1) is 0 Å². The molecule has 0 atom stereocenters. The second kappa shape index (κ2) is 7.09. The van der Waals surface area contributed by atoms with Crippen LogP contribution in [0.4, 0.5) is 5.82 Å². The third-order valence-electron chi connectivity index (χ3n) is 4.43. The average molecular weight is 341 g/mol. The third kappa shape index (κ3) is 3.43. The molecule has 0 unspecified atom stereocenters. The fourth-order valence-corrected chi connectivity index (χ4v) is 3.33. The Bertz CT molecular complexity index is 841. The second-order valence-electron chi connectivity index (χ2n) is 6.83. The zero-order chi connectivity index (χ0) is 18.0. The lowest BCUT2D eigenvalue weighted by molar-refractivity contribution is 0.102. The fourth-order valence-electron chi connectivity index (χ4n) is 3.33. The van der Waals surface area contributed by atoms with Gasteiger partial charge < -0.3 is 15.0 Å². The summed E-state index contributed by atoms with van der Waals surface area (Å²) in [7, 11) is 0. The highest BCUT2D eigenvalue weighted by molar-refractivity contribution is 6.05. The topological polar surface area (TPSA) is 84.2 Å². The Kier molecular flexibility index (Phi) is 4.88. The Labute approximate surface area is 146 Å². The maximum Gasteiger partial charge on any atom is 0.267 e. The lowest BCUT2D eigenvalue weighted by Gasteiger charge is -2.24. The molecule has 0 bridgehead atoms. The van der Waals surface area contributed by atoms with Gasteiger partial charge in [-0.05, 0) is 43.7 Å². The van der Waals surface area contributed by atoms with Gasteiger partial charge in [0.15, 0.2) is 0 Å². The van der Waals surface area contributed by atoms with Crippen molar-refractivity contribution in [3.8, 4) is 5.75 Å². The maximum atomic E-state index is 13.0. The molecule has 6 heteroatoms. The second-order valence-corrected chi connectivity index (χ2v) is 6.83. The van der Waals surface area contributed by atoms with Crippen molar-refractivity contribution < 1.29 is 9.90 Å². The smallest absolute Gasteiger partial charge is 0.267 e. The van der Waals surface area contributed by atoms with Gasteiger partial charge in [-0.3, -0.25) is 9.59 Å². The molecule has 0 spiro atoms. The molecular weight excluding hydrogens is 318 g/mol. The molecule has 2 aromatic rings. The van der Waals surface area contributed by atoms with Crippen molar-refractivity contribution in [3.63, 3.8) is 0 Å². The van der Waals surface area contributed by atoms with Crippen LogP contribution in [0.1, 0.15) is 48.3 Å². The molecular formula is C19H23N3O3. The molecule has 1 amide bonds. The lowest BCUT2D eigenvalue weighted by atomic mass is 9.92. The number of aromatic nitrogens is 2. The first-order valence-electron chi connectivity index (χ1n) is 8.69. The molecule has 0 fully saturated rings. The molecule has 0 saturated carbocycles. The number of anilines is 1.